The molecule has 0 radical (unpaired) electrons. The predicted octanol–water partition coefficient (Wildman–Crippen LogP) is 3.67. The number of carbonyl (C=O) groups excluding carboxylic acids is 1. The van der Waals surface area contributed by atoms with Crippen molar-refractivity contribution >= 4 is 23.3 Å². The molecule has 0 aliphatic carbocycles. The van der Waals surface area contributed by atoms with Gasteiger partial charge in [-0.2, -0.15) is 10.2 Å². The lowest BCUT2D eigenvalue weighted by atomic mass is 10.2. The average Bonchev–Trinajstić information content (AvgIpc) is 3.11. The molecule has 25 heavy (non-hydrogen) atoms. The van der Waals surface area contributed by atoms with Crippen LogP contribution < -0.4 is 5.32 Å². The third kappa shape index (κ3) is 3.74. The Morgan fingerprint density at radius 1 is 1.24 bits per heavy atom. The highest BCUT2D eigenvalue weighted by molar-refractivity contribution is 6.30. The van der Waals surface area contributed by atoms with Crippen molar-refractivity contribution in [3.63, 3.8) is 0 Å². The molecular formula is C18H20ClN5O. The number of carbonyl (C=O) groups is 1. The van der Waals surface area contributed by atoms with Gasteiger partial charge in [0.05, 0.1) is 17.8 Å². The zero-order valence-corrected chi connectivity index (χ0v) is 15.2. The van der Waals surface area contributed by atoms with Gasteiger partial charge >= 0.3 is 0 Å². The van der Waals surface area contributed by atoms with E-state index in [9.17, 15) is 4.79 Å². The Morgan fingerprint density at radius 3 is 2.72 bits per heavy atom. The number of benzene rings is 1. The van der Waals surface area contributed by atoms with Crippen LogP contribution in [0, 0.1) is 13.8 Å². The quantitative estimate of drug-likeness (QED) is 0.757. The van der Waals surface area contributed by atoms with E-state index in [1.807, 2.05) is 55.9 Å². The fourth-order valence-corrected chi connectivity index (χ4v) is 3.06. The molecule has 0 bridgehead atoms. The molecule has 0 aliphatic rings. The molecule has 0 saturated heterocycles. The van der Waals surface area contributed by atoms with Crippen LogP contribution in [0.2, 0.25) is 5.02 Å². The molecule has 0 aliphatic heterocycles. The number of anilines is 1. The summed E-state index contributed by atoms with van der Waals surface area (Å²) in [6.07, 6.45) is 1.83. The molecule has 130 valence electrons. The molecule has 0 fully saturated rings. The normalized spacial score (nSPS) is 10.9. The van der Waals surface area contributed by atoms with Crippen LogP contribution in [0.5, 0.6) is 0 Å². The second-order valence-corrected chi connectivity index (χ2v) is 6.28. The van der Waals surface area contributed by atoms with E-state index in [1.54, 1.807) is 10.7 Å². The molecule has 1 amide bonds. The summed E-state index contributed by atoms with van der Waals surface area (Å²) in [6, 6.07) is 9.39. The molecule has 7 heteroatoms. The summed E-state index contributed by atoms with van der Waals surface area (Å²) in [5, 5.41) is 12.3. The minimum Gasteiger partial charge on any atom is -0.305 e. The van der Waals surface area contributed by atoms with E-state index in [0.717, 1.165) is 23.5 Å². The molecule has 0 atom stereocenters. The fraction of sp³-hybridized carbons (Fsp3) is 0.278. The van der Waals surface area contributed by atoms with Crippen LogP contribution in [0.15, 0.2) is 36.5 Å². The Kier molecular flexibility index (Phi) is 4.90. The largest absolute Gasteiger partial charge is 0.305 e. The van der Waals surface area contributed by atoms with E-state index in [4.69, 9.17) is 11.6 Å². The minimum absolute atomic E-state index is 0.192. The zero-order chi connectivity index (χ0) is 18.0. The maximum Gasteiger partial charge on any atom is 0.260 e. The summed E-state index contributed by atoms with van der Waals surface area (Å²) in [5.41, 5.74) is 3.22. The molecule has 0 unspecified atom stereocenters. The summed E-state index contributed by atoms with van der Waals surface area (Å²) >= 11 is 6.00. The molecule has 3 rings (SSSR count). The molecule has 1 N–H and O–H groups in total. The number of aryl methyl sites for hydroxylation is 2. The van der Waals surface area contributed by atoms with Crippen molar-refractivity contribution in [1.82, 2.24) is 19.6 Å². The third-order valence-electron chi connectivity index (χ3n) is 4.02. The van der Waals surface area contributed by atoms with Gasteiger partial charge in [-0.3, -0.25) is 14.2 Å². The fourth-order valence-electron chi connectivity index (χ4n) is 2.85. The van der Waals surface area contributed by atoms with Crippen LogP contribution in [0.1, 0.15) is 34.2 Å². The second kappa shape index (κ2) is 7.11. The smallest absolute Gasteiger partial charge is 0.260 e. The first kappa shape index (κ1) is 17.2. The van der Waals surface area contributed by atoms with E-state index in [2.05, 4.69) is 15.5 Å². The molecule has 0 saturated carbocycles. The first-order valence-corrected chi connectivity index (χ1v) is 8.49. The molecule has 1 aromatic carbocycles. The monoisotopic (exact) mass is 357 g/mol. The van der Waals surface area contributed by atoms with Crippen molar-refractivity contribution in [1.29, 1.82) is 0 Å². The van der Waals surface area contributed by atoms with Crippen LogP contribution in [-0.2, 0) is 13.1 Å². The Hall–Kier alpha value is -2.60. The molecule has 0 spiro atoms. The van der Waals surface area contributed by atoms with Crippen LogP contribution in [0.25, 0.3) is 0 Å². The number of nitrogens with one attached hydrogen (secondary N) is 1. The molecule has 2 aromatic heterocycles. The van der Waals surface area contributed by atoms with Gasteiger partial charge in [0.1, 0.15) is 0 Å². The van der Waals surface area contributed by atoms with Crippen molar-refractivity contribution in [2.24, 2.45) is 0 Å². The van der Waals surface area contributed by atoms with Crippen molar-refractivity contribution in [2.75, 3.05) is 5.32 Å². The lowest BCUT2D eigenvalue weighted by Crippen LogP contribution is -2.15. The van der Waals surface area contributed by atoms with Gasteiger partial charge in [0.2, 0.25) is 0 Å². The summed E-state index contributed by atoms with van der Waals surface area (Å²) in [5.74, 6) is 0.317. The van der Waals surface area contributed by atoms with E-state index in [-0.39, 0.29) is 5.91 Å². The first-order valence-electron chi connectivity index (χ1n) is 8.11. The Bertz CT molecular complexity index is 912. The summed E-state index contributed by atoms with van der Waals surface area (Å²) < 4.78 is 3.58. The Morgan fingerprint density at radius 2 is 2.04 bits per heavy atom. The van der Waals surface area contributed by atoms with Crippen LogP contribution in [0.4, 0.5) is 5.82 Å². The SMILES string of the molecule is CCn1nc(C)c(C(=O)Nc2ccn(Cc3cccc(Cl)c3)n2)c1C. The van der Waals surface area contributed by atoms with Gasteiger partial charge in [0.25, 0.3) is 5.91 Å². The molecule has 6 nitrogen and oxygen atoms in total. The summed E-state index contributed by atoms with van der Waals surface area (Å²) in [7, 11) is 0. The summed E-state index contributed by atoms with van der Waals surface area (Å²) in [4.78, 5) is 12.6. The number of nitrogens with zero attached hydrogens (tertiary/aromatic N) is 4. The van der Waals surface area contributed by atoms with Crippen molar-refractivity contribution in [2.45, 2.75) is 33.9 Å². The van der Waals surface area contributed by atoms with E-state index < -0.39 is 0 Å². The lowest BCUT2D eigenvalue weighted by Gasteiger charge is -2.04. The predicted molar refractivity (Wildman–Crippen MR) is 98.1 cm³/mol. The Labute approximate surface area is 151 Å². The van der Waals surface area contributed by atoms with Crippen LogP contribution in [0.3, 0.4) is 0 Å². The molecular weight excluding hydrogens is 338 g/mol. The number of halogens is 1. The average molecular weight is 358 g/mol. The van der Waals surface area contributed by atoms with Gasteiger partial charge in [0, 0.05) is 29.5 Å². The first-order chi connectivity index (χ1) is 12.0. The van der Waals surface area contributed by atoms with Crippen molar-refractivity contribution in [3.05, 3.63) is 64.1 Å². The third-order valence-corrected chi connectivity index (χ3v) is 4.26. The van der Waals surface area contributed by atoms with Crippen LogP contribution in [-0.4, -0.2) is 25.5 Å². The second-order valence-electron chi connectivity index (χ2n) is 5.84. The highest BCUT2D eigenvalue weighted by Gasteiger charge is 2.18. The summed E-state index contributed by atoms with van der Waals surface area (Å²) in [6.45, 7) is 7.05. The van der Waals surface area contributed by atoms with Crippen LogP contribution >= 0.6 is 11.6 Å². The van der Waals surface area contributed by atoms with Gasteiger partial charge in [-0.05, 0) is 38.5 Å². The van der Waals surface area contributed by atoms with E-state index in [1.165, 1.54) is 0 Å². The Balaban J connectivity index is 1.73. The van der Waals surface area contributed by atoms with Gasteiger partial charge < -0.3 is 5.32 Å². The van der Waals surface area contributed by atoms with Crippen molar-refractivity contribution in [3.8, 4) is 0 Å². The number of aromatic nitrogens is 4. The number of hydrogen-bond donors (Lipinski definition) is 1. The maximum atomic E-state index is 12.6. The maximum absolute atomic E-state index is 12.6. The topological polar surface area (TPSA) is 64.7 Å². The van der Waals surface area contributed by atoms with Gasteiger partial charge in [0.15, 0.2) is 5.82 Å². The van der Waals surface area contributed by atoms with E-state index in [0.29, 0.717) is 22.9 Å². The molecule has 3 aromatic rings. The highest BCUT2D eigenvalue weighted by Crippen LogP contribution is 2.16. The van der Waals surface area contributed by atoms with Crippen molar-refractivity contribution < 1.29 is 4.79 Å². The number of rotatable bonds is 5. The number of hydrogen-bond acceptors (Lipinski definition) is 3. The standard InChI is InChI=1S/C18H20ClN5O/c1-4-24-13(3)17(12(2)21-24)18(25)20-16-8-9-23(22-16)11-14-6-5-7-15(19)10-14/h5-10H,4,11H2,1-3H3,(H,20,22,25). The van der Waals surface area contributed by atoms with Gasteiger partial charge in [-0.15, -0.1) is 0 Å². The van der Waals surface area contributed by atoms with Gasteiger partial charge in [-0.25, -0.2) is 0 Å². The minimum atomic E-state index is -0.192. The number of amides is 1. The van der Waals surface area contributed by atoms with Gasteiger partial charge in [-0.1, -0.05) is 23.7 Å². The molecule has 2 heterocycles. The zero-order valence-electron chi connectivity index (χ0n) is 14.5. The lowest BCUT2D eigenvalue weighted by molar-refractivity contribution is 0.102. The highest BCUT2D eigenvalue weighted by atomic mass is 35.5. The van der Waals surface area contributed by atoms with E-state index >= 15 is 0 Å².